The van der Waals surface area contributed by atoms with E-state index < -0.39 is 0 Å². The van der Waals surface area contributed by atoms with Crippen LogP contribution >= 0.6 is 0 Å². The van der Waals surface area contributed by atoms with Gasteiger partial charge in [-0.25, -0.2) is 0 Å². The molecule has 0 unspecified atom stereocenters. The van der Waals surface area contributed by atoms with E-state index >= 15 is 0 Å². The molecule has 0 aromatic carbocycles. The van der Waals surface area contributed by atoms with Crippen LogP contribution in [0.5, 0.6) is 0 Å². The van der Waals surface area contributed by atoms with Crippen molar-refractivity contribution in [1.29, 1.82) is 0 Å². The summed E-state index contributed by atoms with van der Waals surface area (Å²) in [5.74, 6) is 0. The van der Waals surface area contributed by atoms with Crippen LogP contribution in [0.25, 0.3) is 0 Å². The standard InChI is InChI=1S/3C3H9N.Ca.K.3H/c3*1-4(2)3;;;;;/h3*1-3H3;;;;;/q;;;+2;+1;3*-1. The molecule has 0 bridgehead atoms. The molecule has 14 heavy (non-hydrogen) atoms. The summed E-state index contributed by atoms with van der Waals surface area (Å²) in [5, 5.41) is 0. The number of hydrogen-bond acceptors (Lipinski definition) is 3. The molecule has 0 aromatic rings. The minimum absolute atomic E-state index is 0. The van der Waals surface area contributed by atoms with Gasteiger partial charge < -0.3 is 19.0 Å². The van der Waals surface area contributed by atoms with Crippen LogP contribution in [0.4, 0.5) is 0 Å². The van der Waals surface area contributed by atoms with Gasteiger partial charge in [-0.1, -0.05) is 0 Å². The van der Waals surface area contributed by atoms with E-state index in [4.69, 9.17) is 0 Å². The van der Waals surface area contributed by atoms with Gasteiger partial charge in [-0.05, 0) is 63.4 Å². The van der Waals surface area contributed by atoms with E-state index in [0.29, 0.717) is 0 Å². The fourth-order valence-corrected chi connectivity index (χ4v) is 0. The van der Waals surface area contributed by atoms with Crippen molar-refractivity contribution in [3.63, 3.8) is 0 Å². The Labute approximate surface area is 168 Å². The van der Waals surface area contributed by atoms with E-state index in [2.05, 4.69) is 0 Å². The molecule has 0 aromatic heterocycles. The second-order valence-corrected chi connectivity index (χ2v) is 4.02. The van der Waals surface area contributed by atoms with E-state index in [9.17, 15) is 0 Å². The van der Waals surface area contributed by atoms with Crippen LogP contribution < -0.4 is 51.4 Å². The molecule has 0 radical (unpaired) electrons. The van der Waals surface area contributed by atoms with E-state index in [1.807, 2.05) is 78.1 Å². The van der Waals surface area contributed by atoms with Gasteiger partial charge >= 0.3 is 89.1 Å². The average molecular weight is 260 g/mol. The fraction of sp³-hybridized carbons (Fsp3) is 1.00. The van der Waals surface area contributed by atoms with Crippen molar-refractivity contribution in [2.24, 2.45) is 0 Å². The molecule has 84 valence electrons. The Morgan fingerprint density at radius 3 is 0.500 bits per heavy atom. The monoisotopic (exact) mass is 259 g/mol. The smallest absolute Gasteiger partial charge is 1.00 e. The summed E-state index contributed by atoms with van der Waals surface area (Å²) in [6.07, 6.45) is 0. The maximum absolute atomic E-state index is 2.00. The quantitative estimate of drug-likeness (QED) is 0.445. The summed E-state index contributed by atoms with van der Waals surface area (Å²) in [7, 11) is 18.0. The number of nitrogens with zero attached hydrogens (tertiary/aromatic N) is 3. The zero-order chi connectivity index (χ0) is 10.7. The van der Waals surface area contributed by atoms with Crippen LogP contribution in [0.1, 0.15) is 4.28 Å². The van der Waals surface area contributed by atoms with Gasteiger partial charge in [-0.2, -0.15) is 0 Å². The molecule has 0 N–H and O–H groups in total. The van der Waals surface area contributed by atoms with Crippen LogP contribution in [0, 0.1) is 0 Å². The van der Waals surface area contributed by atoms with Gasteiger partial charge in [0.25, 0.3) is 0 Å². The SMILES string of the molecule is CN(C)C.CN(C)C.CN(C)C.[Ca+2].[H-].[H-].[H-].[K+]. The zero-order valence-electron chi connectivity index (χ0n) is 15.0. The predicted octanol–water partition coefficient (Wildman–Crippen LogP) is -2.51. The first-order chi connectivity index (χ1) is 5.20. The van der Waals surface area contributed by atoms with Crippen molar-refractivity contribution in [2.75, 3.05) is 63.4 Å². The van der Waals surface area contributed by atoms with Gasteiger partial charge in [0.2, 0.25) is 0 Å². The Bertz CT molecular complexity index is 60.0. The van der Waals surface area contributed by atoms with Gasteiger partial charge in [0.15, 0.2) is 0 Å². The molecule has 0 aliphatic heterocycles. The second-order valence-electron chi connectivity index (χ2n) is 4.02. The topological polar surface area (TPSA) is 9.72 Å². The summed E-state index contributed by atoms with van der Waals surface area (Å²) in [5.41, 5.74) is 0. The van der Waals surface area contributed by atoms with Crippen molar-refractivity contribution in [2.45, 2.75) is 0 Å². The molecule has 0 amide bonds. The Kier molecular flexibility index (Phi) is 53.4. The maximum Gasteiger partial charge on any atom is 2.00 e. The Balaban J connectivity index is -0.0000000104. The molecule has 5 heteroatoms. The molecular formula is C9H30CaKN3. The molecule has 0 spiro atoms. The third-order valence-corrected chi connectivity index (χ3v) is 0. The maximum atomic E-state index is 2.00. The minimum Gasteiger partial charge on any atom is -1.00 e. The molecule has 0 aliphatic carbocycles. The average Bonchev–Trinajstić information content (AvgIpc) is 1.54. The third-order valence-electron chi connectivity index (χ3n) is 0. The van der Waals surface area contributed by atoms with Crippen molar-refractivity contribution < 1.29 is 55.7 Å². The van der Waals surface area contributed by atoms with Gasteiger partial charge in [-0.15, -0.1) is 0 Å². The first kappa shape index (κ1) is 30.1. The third kappa shape index (κ3) is 364. The Hall–Kier alpha value is 2.78. The van der Waals surface area contributed by atoms with Crippen molar-refractivity contribution >= 4 is 37.7 Å². The first-order valence-corrected chi connectivity index (χ1v) is 4.02. The molecule has 0 atom stereocenters. The van der Waals surface area contributed by atoms with Crippen molar-refractivity contribution in [3.05, 3.63) is 0 Å². The number of rotatable bonds is 0. The van der Waals surface area contributed by atoms with Crippen LogP contribution in [0.2, 0.25) is 0 Å². The van der Waals surface area contributed by atoms with E-state index in [1.54, 1.807) is 0 Å². The summed E-state index contributed by atoms with van der Waals surface area (Å²) in [6.45, 7) is 0. The fourth-order valence-electron chi connectivity index (χ4n) is 0. The molecule has 0 heterocycles. The molecular weight excluding hydrogens is 229 g/mol. The zero-order valence-corrected chi connectivity index (χ0v) is 17.4. The molecule has 0 rings (SSSR count). The normalized spacial score (nSPS) is 7.71. The van der Waals surface area contributed by atoms with E-state index in [0.717, 1.165) is 0 Å². The number of hydrogen-bond donors (Lipinski definition) is 0. The Morgan fingerprint density at radius 1 is 0.500 bits per heavy atom. The molecule has 0 saturated heterocycles. The van der Waals surface area contributed by atoms with Gasteiger partial charge in [0.05, 0.1) is 0 Å². The van der Waals surface area contributed by atoms with Crippen LogP contribution in [0.15, 0.2) is 0 Å². The Morgan fingerprint density at radius 2 is 0.500 bits per heavy atom. The largest absolute Gasteiger partial charge is 2.00 e. The summed E-state index contributed by atoms with van der Waals surface area (Å²) >= 11 is 0. The molecule has 0 fully saturated rings. The van der Waals surface area contributed by atoms with E-state index in [-0.39, 0.29) is 93.4 Å². The summed E-state index contributed by atoms with van der Waals surface area (Å²) in [6, 6.07) is 0. The second kappa shape index (κ2) is 24.8. The van der Waals surface area contributed by atoms with Crippen LogP contribution in [0.3, 0.4) is 0 Å². The molecule has 0 aliphatic rings. The van der Waals surface area contributed by atoms with Crippen LogP contribution in [-0.4, -0.2) is 116 Å². The van der Waals surface area contributed by atoms with Crippen LogP contribution in [-0.2, 0) is 0 Å². The molecule has 3 nitrogen and oxygen atoms in total. The predicted molar refractivity (Wildman–Crippen MR) is 67.9 cm³/mol. The van der Waals surface area contributed by atoms with Crippen molar-refractivity contribution in [3.8, 4) is 0 Å². The summed E-state index contributed by atoms with van der Waals surface area (Å²) < 4.78 is 0. The van der Waals surface area contributed by atoms with Gasteiger partial charge in [-0.3, -0.25) is 0 Å². The van der Waals surface area contributed by atoms with Gasteiger partial charge in [0, 0.05) is 0 Å². The summed E-state index contributed by atoms with van der Waals surface area (Å²) in [4.78, 5) is 6.00. The molecule has 0 saturated carbocycles. The minimum atomic E-state index is 0. The van der Waals surface area contributed by atoms with Crippen molar-refractivity contribution in [1.82, 2.24) is 14.7 Å². The first-order valence-electron chi connectivity index (χ1n) is 4.02. The van der Waals surface area contributed by atoms with Gasteiger partial charge in [0.1, 0.15) is 0 Å². The van der Waals surface area contributed by atoms with E-state index in [1.165, 1.54) is 0 Å².